The minimum Gasteiger partial charge on any atom is -0.343 e. The highest BCUT2D eigenvalue weighted by atomic mass is 19.3. The molecule has 0 unspecified atom stereocenters. The second kappa shape index (κ2) is 8.96. The second-order valence-electron chi connectivity index (χ2n) is 6.57. The van der Waals surface area contributed by atoms with Crippen LogP contribution in [-0.4, -0.2) is 53.8 Å². The molecular weight excluding hydrogens is 340 g/mol. The highest BCUT2D eigenvalue weighted by molar-refractivity contribution is 5.89. The van der Waals surface area contributed by atoms with Crippen molar-refractivity contribution in [2.75, 3.05) is 31.5 Å². The number of rotatable bonds is 5. The maximum Gasteiger partial charge on any atom is 0.321 e. The van der Waals surface area contributed by atoms with E-state index in [1.807, 2.05) is 13.8 Å². The highest BCUT2D eigenvalue weighted by Crippen LogP contribution is 2.28. The molecule has 1 aliphatic heterocycles. The van der Waals surface area contributed by atoms with Crippen LogP contribution in [-0.2, 0) is 11.2 Å². The van der Waals surface area contributed by atoms with Gasteiger partial charge in [0.25, 0.3) is 0 Å². The molecule has 1 fully saturated rings. The molecule has 144 valence electrons. The Kier molecular flexibility index (Phi) is 6.94. The number of hydrogen-bond donors (Lipinski definition) is 1. The average molecular weight is 367 g/mol. The van der Waals surface area contributed by atoms with E-state index in [9.17, 15) is 18.4 Å². The molecule has 0 atom stereocenters. The number of carbonyl (C=O) groups is 2. The van der Waals surface area contributed by atoms with Gasteiger partial charge in [-0.2, -0.15) is 0 Å². The summed E-state index contributed by atoms with van der Waals surface area (Å²) in [5.41, 5.74) is 1.46. The molecule has 1 saturated heterocycles. The Balaban J connectivity index is 1.90. The van der Waals surface area contributed by atoms with E-state index in [2.05, 4.69) is 5.32 Å². The van der Waals surface area contributed by atoms with Crippen LogP contribution in [0, 0.1) is 0 Å². The fourth-order valence-electron chi connectivity index (χ4n) is 3.04. The quantitative estimate of drug-likeness (QED) is 0.862. The Morgan fingerprint density at radius 3 is 2.38 bits per heavy atom. The number of carbonyl (C=O) groups excluding carboxylic acids is 2. The molecule has 0 bridgehead atoms. The fraction of sp³-hybridized carbons (Fsp3) is 0.579. The first-order chi connectivity index (χ1) is 12.3. The molecule has 1 aromatic rings. The van der Waals surface area contributed by atoms with Gasteiger partial charge in [-0.15, -0.1) is 0 Å². The summed E-state index contributed by atoms with van der Waals surface area (Å²) >= 11 is 0. The standard InChI is InChI=1S/C19H27F2N3O2/c1-3-23(4-2)17(25)14-15-6-8-16(9-7-15)22-18(26)24-12-5-10-19(20,21)11-13-24/h6-9H,3-5,10-14H2,1-2H3,(H,22,26). The highest BCUT2D eigenvalue weighted by Gasteiger charge is 2.33. The summed E-state index contributed by atoms with van der Waals surface area (Å²) in [6.45, 7) is 5.63. The number of halogens is 2. The number of alkyl halides is 2. The Bertz CT molecular complexity index is 616. The van der Waals surface area contributed by atoms with Crippen molar-refractivity contribution in [1.82, 2.24) is 9.80 Å². The summed E-state index contributed by atoms with van der Waals surface area (Å²) < 4.78 is 26.8. The molecule has 7 heteroatoms. The van der Waals surface area contributed by atoms with E-state index in [4.69, 9.17) is 0 Å². The lowest BCUT2D eigenvalue weighted by Gasteiger charge is -2.21. The van der Waals surface area contributed by atoms with Gasteiger partial charge in [0.2, 0.25) is 11.8 Å². The van der Waals surface area contributed by atoms with Crippen molar-refractivity contribution in [1.29, 1.82) is 0 Å². The smallest absolute Gasteiger partial charge is 0.321 e. The number of benzene rings is 1. The molecule has 1 aromatic carbocycles. The molecule has 5 nitrogen and oxygen atoms in total. The van der Waals surface area contributed by atoms with Gasteiger partial charge in [-0.05, 0) is 38.0 Å². The Morgan fingerprint density at radius 2 is 1.77 bits per heavy atom. The van der Waals surface area contributed by atoms with Crippen LogP contribution in [0.4, 0.5) is 19.3 Å². The van der Waals surface area contributed by atoms with Gasteiger partial charge < -0.3 is 15.1 Å². The molecule has 1 N–H and O–H groups in total. The molecule has 3 amide bonds. The van der Waals surface area contributed by atoms with E-state index in [-0.39, 0.29) is 31.3 Å². The van der Waals surface area contributed by atoms with E-state index in [0.717, 1.165) is 5.56 Å². The Labute approximate surface area is 153 Å². The van der Waals surface area contributed by atoms with Crippen LogP contribution < -0.4 is 5.32 Å². The first-order valence-corrected chi connectivity index (χ1v) is 9.15. The third-order valence-electron chi connectivity index (χ3n) is 4.68. The number of anilines is 1. The molecule has 0 aliphatic carbocycles. The van der Waals surface area contributed by atoms with Gasteiger partial charge in [0, 0.05) is 44.7 Å². The minimum atomic E-state index is -2.69. The van der Waals surface area contributed by atoms with E-state index in [1.165, 1.54) is 4.90 Å². The van der Waals surface area contributed by atoms with Crippen molar-refractivity contribution in [2.24, 2.45) is 0 Å². The largest absolute Gasteiger partial charge is 0.343 e. The predicted octanol–water partition coefficient (Wildman–Crippen LogP) is 3.75. The number of nitrogens with one attached hydrogen (secondary N) is 1. The number of likely N-dealkylation sites (tertiary alicyclic amines) is 1. The summed E-state index contributed by atoms with van der Waals surface area (Å²) in [4.78, 5) is 27.6. The fourth-order valence-corrected chi connectivity index (χ4v) is 3.04. The summed E-state index contributed by atoms with van der Waals surface area (Å²) in [6, 6.07) is 6.69. The van der Waals surface area contributed by atoms with Crippen molar-refractivity contribution >= 4 is 17.6 Å². The summed E-state index contributed by atoms with van der Waals surface area (Å²) in [5, 5.41) is 2.74. The first-order valence-electron chi connectivity index (χ1n) is 9.15. The van der Waals surface area contributed by atoms with Gasteiger partial charge in [0.15, 0.2) is 0 Å². The van der Waals surface area contributed by atoms with Crippen LogP contribution in [0.5, 0.6) is 0 Å². The number of amides is 3. The molecule has 26 heavy (non-hydrogen) atoms. The number of nitrogens with zero attached hydrogens (tertiary/aromatic N) is 2. The molecule has 0 radical (unpaired) electrons. The van der Waals surface area contributed by atoms with Crippen LogP contribution in [0.25, 0.3) is 0 Å². The third-order valence-corrected chi connectivity index (χ3v) is 4.68. The van der Waals surface area contributed by atoms with Gasteiger partial charge in [0.05, 0.1) is 6.42 Å². The second-order valence-corrected chi connectivity index (χ2v) is 6.57. The molecule has 0 spiro atoms. The molecule has 0 saturated carbocycles. The van der Waals surface area contributed by atoms with Crippen LogP contribution in [0.3, 0.4) is 0 Å². The SMILES string of the molecule is CCN(CC)C(=O)Cc1ccc(NC(=O)N2CCCC(F)(F)CC2)cc1. The number of urea groups is 1. The van der Waals surface area contributed by atoms with Gasteiger partial charge in [-0.25, -0.2) is 13.6 Å². The Hall–Kier alpha value is -2.18. The molecule has 1 aliphatic rings. The molecule has 2 rings (SSSR count). The van der Waals surface area contributed by atoms with E-state index in [0.29, 0.717) is 38.2 Å². The van der Waals surface area contributed by atoms with Gasteiger partial charge in [-0.3, -0.25) is 4.79 Å². The van der Waals surface area contributed by atoms with Crippen LogP contribution >= 0.6 is 0 Å². The lowest BCUT2D eigenvalue weighted by molar-refractivity contribution is -0.130. The zero-order chi connectivity index (χ0) is 19.2. The van der Waals surface area contributed by atoms with Crippen molar-refractivity contribution in [3.05, 3.63) is 29.8 Å². The molecule has 0 aromatic heterocycles. The Morgan fingerprint density at radius 1 is 1.12 bits per heavy atom. The third kappa shape index (κ3) is 5.68. The summed E-state index contributed by atoms with van der Waals surface area (Å²) in [6.07, 6.45) is 0.142. The topological polar surface area (TPSA) is 52.7 Å². The lowest BCUT2D eigenvalue weighted by Crippen LogP contribution is -2.36. The zero-order valence-corrected chi connectivity index (χ0v) is 15.4. The van der Waals surface area contributed by atoms with Crippen molar-refractivity contribution in [3.8, 4) is 0 Å². The van der Waals surface area contributed by atoms with Crippen LogP contribution in [0.15, 0.2) is 24.3 Å². The summed E-state index contributed by atoms with van der Waals surface area (Å²) in [5.74, 6) is -2.62. The van der Waals surface area contributed by atoms with E-state index in [1.54, 1.807) is 29.2 Å². The normalized spacial score (nSPS) is 16.7. The number of hydrogen-bond acceptors (Lipinski definition) is 2. The van der Waals surface area contributed by atoms with Gasteiger partial charge in [0.1, 0.15) is 0 Å². The van der Waals surface area contributed by atoms with Crippen LogP contribution in [0.2, 0.25) is 0 Å². The maximum absolute atomic E-state index is 13.4. The average Bonchev–Trinajstić information content (AvgIpc) is 2.78. The monoisotopic (exact) mass is 367 g/mol. The minimum absolute atomic E-state index is 0.0509. The van der Waals surface area contributed by atoms with E-state index < -0.39 is 5.92 Å². The first kappa shape index (κ1) is 20.1. The molecule has 1 heterocycles. The van der Waals surface area contributed by atoms with Crippen LogP contribution in [0.1, 0.15) is 38.7 Å². The zero-order valence-electron chi connectivity index (χ0n) is 15.4. The summed E-state index contributed by atoms with van der Waals surface area (Å²) in [7, 11) is 0. The van der Waals surface area contributed by atoms with Gasteiger partial charge >= 0.3 is 6.03 Å². The maximum atomic E-state index is 13.4. The molecular formula is C19H27F2N3O2. The number of likely N-dealkylation sites (N-methyl/N-ethyl adjacent to an activating group) is 1. The van der Waals surface area contributed by atoms with Gasteiger partial charge in [-0.1, -0.05) is 12.1 Å². The van der Waals surface area contributed by atoms with Crippen molar-refractivity contribution in [2.45, 2.75) is 45.5 Å². The van der Waals surface area contributed by atoms with Crippen molar-refractivity contribution in [3.63, 3.8) is 0 Å². The van der Waals surface area contributed by atoms with Crippen molar-refractivity contribution < 1.29 is 18.4 Å². The lowest BCUT2D eigenvalue weighted by atomic mass is 10.1. The van der Waals surface area contributed by atoms with E-state index >= 15 is 0 Å². The predicted molar refractivity (Wildman–Crippen MR) is 97.5 cm³/mol.